The number of halogens is 1. The van der Waals surface area contributed by atoms with Crippen molar-refractivity contribution in [2.75, 3.05) is 0 Å². The van der Waals surface area contributed by atoms with Gasteiger partial charge in [0.15, 0.2) is 5.78 Å². The van der Waals surface area contributed by atoms with Gasteiger partial charge in [0.05, 0.1) is 5.57 Å². The summed E-state index contributed by atoms with van der Waals surface area (Å²) in [4.78, 5) is 16.3. The zero-order valence-electron chi connectivity index (χ0n) is 9.43. The summed E-state index contributed by atoms with van der Waals surface area (Å²) in [7, 11) is 0. The van der Waals surface area contributed by atoms with Crippen LogP contribution in [-0.2, 0) is 0 Å². The maximum Gasteiger partial charge on any atom is 0.196 e. The maximum absolute atomic E-state index is 12.2. The van der Waals surface area contributed by atoms with E-state index < -0.39 is 0 Å². The summed E-state index contributed by atoms with van der Waals surface area (Å²) in [6, 6.07) is 9.06. The lowest BCUT2D eigenvalue weighted by Gasteiger charge is -2.02. The zero-order valence-corrected chi connectivity index (χ0v) is 10.2. The largest absolute Gasteiger partial charge is 0.288 e. The van der Waals surface area contributed by atoms with E-state index in [1.807, 2.05) is 31.2 Å². The van der Waals surface area contributed by atoms with E-state index in [1.165, 1.54) is 0 Å². The Morgan fingerprint density at radius 1 is 1.29 bits per heavy atom. The van der Waals surface area contributed by atoms with Crippen LogP contribution in [0.1, 0.15) is 17.3 Å². The molecule has 0 N–H and O–H groups in total. The van der Waals surface area contributed by atoms with E-state index in [2.05, 4.69) is 4.99 Å². The first kappa shape index (κ1) is 11.8. The van der Waals surface area contributed by atoms with Gasteiger partial charge in [-0.3, -0.25) is 4.79 Å². The molecular formula is C14H12ClNO. The number of hydrogen-bond acceptors (Lipinski definition) is 2. The van der Waals surface area contributed by atoms with Crippen molar-refractivity contribution < 1.29 is 4.79 Å². The van der Waals surface area contributed by atoms with Crippen molar-refractivity contribution in [3.8, 4) is 0 Å². The first-order valence-electron chi connectivity index (χ1n) is 5.40. The first-order valence-corrected chi connectivity index (χ1v) is 5.78. The molecule has 0 saturated heterocycles. The van der Waals surface area contributed by atoms with Crippen molar-refractivity contribution in [1.82, 2.24) is 0 Å². The molecule has 1 aromatic rings. The van der Waals surface area contributed by atoms with Gasteiger partial charge in [-0.25, -0.2) is 4.99 Å². The van der Waals surface area contributed by atoms with Gasteiger partial charge in [0.2, 0.25) is 0 Å². The molecule has 3 heteroatoms. The average Bonchev–Trinajstić information content (AvgIpc) is 2.52. The first-order chi connectivity index (χ1) is 8.18. The van der Waals surface area contributed by atoms with E-state index in [0.29, 0.717) is 11.1 Å². The number of rotatable bonds is 2. The Morgan fingerprint density at radius 2 is 2.00 bits per heavy atom. The van der Waals surface area contributed by atoms with Crippen LogP contribution < -0.4 is 0 Å². The molecule has 1 unspecified atom stereocenters. The number of carbonyl (C=O) groups excluding carboxylic acids is 1. The summed E-state index contributed by atoms with van der Waals surface area (Å²) in [5, 5.41) is 0.249. The summed E-state index contributed by atoms with van der Waals surface area (Å²) in [5.74, 6) is 0.0860. The van der Waals surface area contributed by atoms with Gasteiger partial charge in [-0.1, -0.05) is 61.0 Å². The molecule has 0 radical (unpaired) electrons. The predicted octanol–water partition coefficient (Wildman–Crippen LogP) is 3.60. The van der Waals surface area contributed by atoms with Crippen LogP contribution in [0.25, 0.3) is 0 Å². The molecule has 0 bridgehead atoms. The topological polar surface area (TPSA) is 29.4 Å². The van der Waals surface area contributed by atoms with Gasteiger partial charge >= 0.3 is 0 Å². The highest BCUT2D eigenvalue weighted by atomic mass is 35.5. The molecule has 1 heterocycles. The Kier molecular flexibility index (Phi) is 3.55. The molecule has 17 heavy (non-hydrogen) atoms. The Balaban J connectivity index is 2.38. The number of benzene rings is 1. The summed E-state index contributed by atoms with van der Waals surface area (Å²) < 4.78 is 0. The number of Topliss-reactive ketones (excluding diaryl/α,β-unsaturated/α-hetero) is 1. The summed E-state index contributed by atoms with van der Waals surface area (Å²) in [6.45, 7) is 1.99. The second-order valence-electron chi connectivity index (χ2n) is 3.90. The highest BCUT2D eigenvalue weighted by molar-refractivity contribution is 6.33. The molecule has 0 spiro atoms. The van der Waals surface area contributed by atoms with Crippen molar-refractivity contribution in [3.05, 3.63) is 58.8 Å². The second kappa shape index (κ2) is 5.11. The van der Waals surface area contributed by atoms with Gasteiger partial charge in [0.25, 0.3) is 0 Å². The molecule has 2 nitrogen and oxygen atoms in total. The molecule has 0 fully saturated rings. The molecule has 0 aliphatic carbocycles. The van der Waals surface area contributed by atoms with E-state index in [4.69, 9.17) is 11.6 Å². The third kappa shape index (κ3) is 2.71. The minimum Gasteiger partial charge on any atom is -0.288 e. The van der Waals surface area contributed by atoms with Gasteiger partial charge in [-0.15, -0.1) is 0 Å². The van der Waals surface area contributed by atoms with Crippen LogP contribution in [0.2, 0.25) is 0 Å². The van der Waals surface area contributed by atoms with Crippen LogP contribution in [0.5, 0.6) is 0 Å². The fraction of sp³-hybridized carbons (Fsp3) is 0.143. The van der Waals surface area contributed by atoms with Gasteiger partial charge in [-0.2, -0.15) is 0 Å². The minimum absolute atomic E-state index is 0.0990. The van der Waals surface area contributed by atoms with E-state index in [0.717, 1.165) is 0 Å². The van der Waals surface area contributed by atoms with Crippen molar-refractivity contribution in [2.45, 2.75) is 6.92 Å². The number of ketones is 1. The summed E-state index contributed by atoms with van der Waals surface area (Å²) in [5.41, 5.74) is 1.06. The van der Waals surface area contributed by atoms with E-state index in [9.17, 15) is 4.79 Å². The predicted molar refractivity (Wildman–Crippen MR) is 70.4 cm³/mol. The Bertz CT molecular complexity index is 514. The molecule has 0 aromatic heterocycles. The number of aliphatic imine (C=N–C) groups is 1. The Labute approximate surface area is 105 Å². The number of carbonyl (C=O) groups is 1. The fourth-order valence-electron chi connectivity index (χ4n) is 1.53. The standard InChI is InChI=1S/C14H12ClNO/c1-10-7-8-12(14(15)16-9-10)13(17)11-5-3-2-4-6-11/h2-10H,1H3. The number of allylic oxidation sites excluding steroid dienone is 3. The van der Waals surface area contributed by atoms with Gasteiger partial charge in [0, 0.05) is 17.7 Å². The average molecular weight is 246 g/mol. The third-order valence-electron chi connectivity index (χ3n) is 2.49. The molecule has 0 amide bonds. The number of hydrogen-bond donors (Lipinski definition) is 0. The van der Waals surface area contributed by atoms with Gasteiger partial charge in [0.1, 0.15) is 5.16 Å². The van der Waals surface area contributed by atoms with Crippen LogP contribution >= 0.6 is 11.6 Å². The van der Waals surface area contributed by atoms with E-state index in [1.54, 1.807) is 24.4 Å². The van der Waals surface area contributed by atoms with Crippen LogP contribution in [0, 0.1) is 5.92 Å². The molecule has 1 atom stereocenters. The van der Waals surface area contributed by atoms with Crippen LogP contribution in [-0.4, -0.2) is 12.0 Å². The smallest absolute Gasteiger partial charge is 0.196 e. The Hall–Kier alpha value is -1.67. The minimum atomic E-state index is -0.0990. The molecular weight excluding hydrogens is 234 g/mol. The quantitative estimate of drug-likeness (QED) is 0.578. The van der Waals surface area contributed by atoms with Crippen LogP contribution in [0.15, 0.2) is 58.2 Å². The lowest BCUT2D eigenvalue weighted by Crippen LogP contribution is -2.02. The van der Waals surface area contributed by atoms with Crippen LogP contribution in [0.3, 0.4) is 0 Å². The fourth-order valence-corrected chi connectivity index (χ4v) is 1.74. The lowest BCUT2D eigenvalue weighted by molar-refractivity contribution is 0.103. The maximum atomic E-state index is 12.2. The van der Waals surface area contributed by atoms with Crippen molar-refractivity contribution in [2.24, 2.45) is 10.9 Å². The van der Waals surface area contributed by atoms with Gasteiger partial charge < -0.3 is 0 Å². The highest BCUT2D eigenvalue weighted by Gasteiger charge is 2.15. The monoisotopic (exact) mass is 245 g/mol. The molecule has 1 aromatic carbocycles. The zero-order chi connectivity index (χ0) is 12.3. The Morgan fingerprint density at radius 3 is 2.71 bits per heavy atom. The lowest BCUT2D eigenvalue weighted by atomic mass is 10.0. The molecule has 1 aliphatic rings. The highest BCUT2D eigenvalue weighted by Crippen LogP contribution is 2.21. The van der Waals surface area contributed by atoms with E-state index in [-0.39, 0.29) is 16.9 Å². The SMILES string of the molecule is CC1C=CC(C(=O)c2ccccc2)=C(Cl)N=C1. The van der Waals surface area contributed by atoms with E-state index >= 15 is 0 Å². The molecule has 0 saturated carbocycles. The molecule has 86 valence electrons. The van der Waals surface area contributed by atoms with Gasteiger partial charge in [-0.05, 0) is 0 Å². The summed E-state index contributed by atoms with van der Waals surface area (Å²) >= 11 is 6.01. The third-order valence-corrected chi connectivity index (χ3v) is 2.79. The summed E-state index contributed by atoms with van der Waals surface area (Å²) in [6.07, 6.45) is 5.38. The van der Waals surface area contributed by atoms with Crippen molar-refractivity contribution >= 4 is 23.6 Å². The van der Waals surface area contributed by atoms with Crippen molar-refractivity contribution in [3.63, 3.8) is 0 Å². The molecule has 2 rings (SSSR count). The van der Waals surface area contributed by atoms with Crippen molar-refractivity contribution in [1.29, 1.82) is 0 Å². The number of nitrogens with zero attached hydrogens (tertiary/aromatic N) is 1. The normalized spacial score (nSPS) is 19.3. The molecule has 1 aliphatic heterocycles. The van der Waals surface area contributed by atoms with Crippen LogP contribution in [0.4, 0.5) is 0 Å². The second-order valence-corrected chi connectivity index (χ2v) is 4.25.